The molecule has 0 spiro atoms. The molecule has 2 N–H and O–H groups in total. The lowest BCUT2D eigenvalue weighted by atomic mass is 9.87. The van der Waals surface area contributed by atoms with Gasteiger partial charge in [0.25, 0.3) is 5.91 Å². The Bertz CT molecular complexity index is 1080. The Hall–Kier alpha value is -3.00. The second kappa shape index (κ2) is 9.70. The zero-order chi connectivity index (χ0) is 25.3. The molecule has 182 valence electrons. The number of alkyl carbamates (subject to hydrolysis) is 1. The van der Waals surface area contributed by atoms with Crippen LogP contribution in [0.25, 0.3) is 0 Å². The minimum absolute atomic E-state index is 0.000978. The third-order valence-electron chi connectivity index (χ3n) is 5.32. The van der Waals surface area contributed by atoms with Crippen molar-refractivity contribution in [2.24, 2.45) is 0 Å². The van der Waals surface area contributed by atoms with Crippen LogP contribution < -0.4 is 10.2 Å². The number of fused-ring (bicyclic) bond motifs is 1. The van der Waals surface area contributed by atoms with Gasteiger partial charge in [-0.05, 0) is 55.5 Å². The van der Waals surface area contributed by atoms with Crippen LogP contribution in [0.15, 0.2) is 47.4 Å². The number of carbonyl (C=O) groups excluding carboxylic acids is 2. The molecule has 2 aromatic rings. The Morgan fingerprint density at radius 3 is 2.29 bits per heavy atom. The molecular formula is C26H32N2O5S. The molecule has 0 unspecified atom stereocenters. The summed E-state index contributed by atoms with van der Waals surface area (Å²) in [4.78, 5) is 40.0. The maximum absolute atomic E-state index is 13.6. The highest BCUT2D eigenvalue weighted by atomic mass is 32.2. The van der Waals surface area contributed by atoms with Gasteiger partial charge in [0.2, 0.25) is 0 Å². The summed E-state index contributed by atoms with van der Waals surface area (Å²) >= 11 is 1.40. The molecule has 1 heterocycles. The Morgan fingerprint density at radius 2 is 1.74 bits per heavy atom. The van der Waals surface area contributed by atoms with Crippen molar-refractivity contribution in [3.63, 3.8) is 0 Å². The number of anilines is 1. The molecule has 0 aromatic heterocycles. The number of hydrogen-bond donors (Lipinski definition) is 2. The molecule has 7 nitrogen and oxygen atoms in total. The molecule has 0 radical (unpaired) electrons. The van der Waals surface area contributed by atoms with Gasteiger partial charge in [-0.3, -0.25) is 4.79 Å². The highest BCUT2D eigenvalue weighted by molar-refractivity contribution is 7.99. The molecule has 2 amide bonds. The van der Waals surface area contributed by atoms with Crippen LogP contribution in [0.3, 0.4) is 0 Å². The largest absolute Gasteiger partial charge is 0.478 e. The van der Waals surface area contributed by atoms with E-state index in [0.29, 0.717) is 11.4 Å². The first-order valence-corrected chi connectivity index (χ1v) is 12.1. The predicted molar refractivity (Wildman–Crippen MR) is 134 cm³/mol. The third-order valence-corrected chi connectivity index (χ3v) is 6.47. The summed E-state index contributed by atoms with van der Waals surface area (Å²) in [5, 5.41) is 12.2. The maximum Gasteiger partial charge on any atom is 0.408 e. The number of hydrogen-bond acceptors (Lipinski definition) is 5. The van der Waals surface area contributed by atoms with Crippen molar-refractivity contribution in [1.82, 2.24) is 5.32 Å². The van der Waals surface area contributed by atoms with Gasteiger partial charge >= 0.3 is 12.1 Å². The van der Waals surface area contributed by atoms with E-state index in [4.69, 9.17) is 4.74 Å². The Balaban J connectivity index is 1.96. The van der Waals surface area contributed by atoms with E-state index >= 15 is 0 Å². The van der Waals surface area contributed by atoms with E-state index < -0.39 is 23.7 Å². The van der Waals surface area contributed by atoms with Crippen LogP contribution in [-0.2, 0) is 21.5 Å². The first kappa shape index (κ1) is 25.6. The first-order valence-electron chi connectivity index (χ1n) is 11.1. The van der Waals surface area contributed by atoms with Crippen LogP contribution >= 0.6 is 11.8 Å². The van der Waals surface area contributed by atoms with Crippen LogP contribution in [0.5, 0.6) is 0 Å². The van der Waals surface area contributed by atoms with E-state index in [1.807, 2.05) is 24.3 Å². The molecule has 1 aliphatic heterocycles. The van der Waals surface area contributed by atoms with Crippen LogP contribution in [0.1, 0.15) is 63.0 Å². The molecule has 0 aliphatic carbocycles. The van der Waals surface area contributed by atoms with Crippen molar-refractivity contribution in [3.8, 4) is 0 Å². The van der Waals surface area contributed by atoms with Crippen molar-refractivity contribution >= 4 is 35.4 Å². The summed E-state index contributed by atoms with van der Waals surface area (Å²) in [6.07, 6.45) is -0.668. The molecule has 1 aliphatic rings. The van der Waals surface area contributed by atoms with E-state index in [-0.39, 0.29) is 23.4 Å². The molecule has 0 saturated carbocycles. The average Bonchev–Trinajstić information content (AvgIpc) is 2.84. The van der Waals surface area contributed by atoms with Crippen LogP contribution in [0.4, 0.5) is 10.5 Å². The molecule has 0 fully saturated rings. The van der Waals surface area contributed by atoms with Gasteiger partial charge in [0.05, 0.1) is 17.8 Å². The fourth-order valence-corrected chi connectivity index (χ4v) is 4.60. The van der Waals surface area contributed by atoms with E-state index in [1.165, 1.54) is 29.5 Å². The summed E-state index contributed by atoms with van der Waals surface area (Å²) in [5.74, 6) is -1.08. The molecule has 34 heavy (non-hydrogen) atoms. The van der Waals surface area contributed by atoms with Gasteiger partial charge in [0, 0.05) is 10.6 Å². The standard InChI is InChI=1S/C26H32N2O5S/c1-25(2,3)18-10-7-16(8-11-18)14-28-20-13-17(23(30)31)9-12-21(20)34-15-19(22(28)29)27-24(32)33-26(4,5)6/h7-13,19H,14-15H2,1-6H3,(H,27,32)(H,30,31)/t19-/m0/s1. The van der Waals surface area contributed by atoms with Gasteiger partial charge < -0.3 is 20.1 Å². The second-order valence-electron chi connectivity index (χ2n) is 10.4. The summed E-state index contributed by atoms with van der Waals surface area (Å²) in [7, 11) is 0. The third kappa shape index (κ3) is 6.32. The molecule has 2 aromatic carbocycles. The van der Waals surface area contributed by atoms with Gasteiger partial charge in [0.1, 0.15) is 11.6 Å². The number of carboxylic acid groups (broad SMARTS) is 1. The summed E-state index contributed by atoms with van der Waals surface area (Å²) in [6.45, 7) is 11.9. The number of aromatic carboxylic acids is 1. The van der Waals surface area contributed by atoms with Gasteiger partial charge in [-0.1, -0.05) is 45.0 Å². The van der Waals surface area contributed by atoms with Gasteiger partial charge in [-0.25, -0.2) is 9.59 Å². The maximum atomic E-state index is 13.6. The normalized spacial score (nSPS) is 16.5. The number of carbonyl (C=O) groups is 3. The fraction of sp³-hybridized carbons (Fsp3) is 0.423. The van der Waals surface area contributed by atoms with Gasteiger partial charge in [-0.15, -0.1) is 11.8 Å². The number of thioether (sulfide) groups is 1. The lowest BCUT2D eigenvalue weighted by Gasteiger charge is -2.27. The molecule has 0 bridgehead atoms. The van der Waals surface area contributed by atoms with Crippen molar-refractivity contribution in [1.29, 1.82) is 0 Å². The van der Waals surface area contributed by atoms with Crippen molar-refractivity contribution < 1.29 is 24.2 Å². The lowest BCUT2D eigenvalue weighted by molar-refractivity contribution is -0.120. The van der Waals surface area contributed by atoms with Crippen LogP contribution in [0, 0.1) is 0 Å². The number of rotatable bonds is 4. The number of nitrogens with zero attached hydrogens (tertiary/aromatic N) is 1. The first-order chi connectivity index (χ1) is 15.7. The highest BCUT2D eigenvalue weighted by Gasteiger charge is 2.33. The Kier molecular flexibility index (Phi) is 7.31. The minimum atomic E-state index is -1.07. The molecule has 1 atom stereocenters. The SMILES string of the molecule is CC(C)(C)OC(=O)N[C@H]1CSc2ccc(C(=O)O)cc2N(Cc2ccc(C(C)(C)C)cc2)C1=O. The number of carboxylic acids is 1. The molecule has 3 rings (SSSR count). The van der Waals surface area contributed by atoms with Crippen molar-refractivity contribution in [2.75, 3.05) is 10.7 Å². The monoisotopic (exact) mass is 484 g/mol. The van der Waals surface area contributed by atoms with Crippen molar-refractivity contribution in [2.45, 2.75) is 70.0 Å². The number of benzene rings is 2. The number of amides is 2. The molecule has 8 heteroatoms. The zero-order valence-electron chi connectivity index (χ0n) is 20.5. The fourth-order valence-electron chi connectivity index (χ4n) is 3.54. The van der Waals surface area contributed by atoms with Crippen molar-refractivity contribution in [3.05, 3.63) is 59.2 Å². The smallest absolute Gasteiger partial charge is 0.408 e. The zero-order valence-corrected chi connectivity index (χ0v) is 21.3. The molecule has 0 saturated heterocycles. The summed E-state index contributed by atoms with van der Waals surface area (Å²) in [5.41, 5.74) is 1.99. The Labute approximate surface area is 204 Å². The van der Waals surface area contributed by atoms with Crippen LogP contribution in [-0.4, -0.2) is 40.5 Å². The van der Waals surface area contributed by atoms with Gasteiger partial charge in [-0.2, -0.15) is 0 Å². The second-order valence-corrected chi connectivity index (χ2v) is 11.4. The molecular weight excluding hydrogens is 452 g/mol. The Morgan fingerprint density at radius 1 is 1.09 bits per heavy atom. The van der Waals surface area contributed by atoms with E-state index in [9.17, 15) is 19.5 Å². The van der Waals surface area contributed by atoms with Crippen LogP contribution in [0.2, 0.25) is 0 Å². The lowest BCUT2D eigenvalue weighted by Crippen LogP contribution is -2.50. The average molecular weight is 485 g/mol. The topological polar surface area (TPSA) is 95.9 Å². The van der Waals surface area contributed by atoms with E-state index in [1.54, 1.807) is 31.7 Å². The highest BCUT2D eigenvalue weighted by Crippen LogP contribution is 2.36. The van der Waals surface area contributed by atoms with E-state index in [2.05, 4.69) is 26.1 Å². The van der Waals surface area contributed by atoms with Gasteiger partial charge in [0.15, 0.2) is 0 Å². The summed E-state index contributed by atoms with van der Waals surface area (Å²) < 4.78 is 5.35. The number of nitrogens with one attached hydrogen (secondary N) is 1. The number of ether oxygens (including phenoxy) is 1. The summed E-state index contributed by atoms with van der Waals surface area (Å²) in [6, 6.07) is 12.0. The van der Waals surface area contributed by atoms with E-state index in [0.717, 1.165) is 10.5 Å². The quantitative estimate of drug-likeness (QED) is 0.618. The minimum Gasteiger partial charge on any atom is -0.478 e. The predicted octanol–water partition coefficient (Wildman–Crippen LogP) is 5.21.